The van der Waals surface area contributed by atoms with E-state index in [1.165, 1.54) is 27.5 Å². The summed E-state index contributed by atoms with van der Waals surface area (Å²) in [5.41, 5.74) is 10.4. The van der Waals surface area contributed by atoms with Crippen LogP contribution in [0, 0.1) is 0 Å². The number of benzene rings is 7. The van der Waals surface area contributed by atoms with Gasteiger partial charge in [-0.1, -0.05) is 164 Å². The average molecular weight is 680 g/mol. The highest BCUT2D eigenvalue weighted by atomic mass is 16.3. The van der Waals surface area contributed by atoms with Gasteiger partial charge in [0.05, 0.1) is 5.56 Å². The van der Waals surface area contributed by atoms with Gasteiger partial charge in [-0.05, 0) is 63.2 Å². The molecule has 53 heavy (non-hydrogen) atoms. The minimum Gasteiger partial charge on any atom is -0.455 e. The minimum atomic E-state index is 0.340. The summed E-state index contributed by atoms with van der Waals surface area (Å²) in [5.74, 6) is 2.14. The lowest BCUT2D eigenvalue weighted by molar-refractivity contribution is 0.669. The Morgan fingerprint density at radius 2 is 1.13 bits per heavy atom. The fourth-order valence-electron chi connectivity index (χ4n) is 7.66. The molecule has 250 valence electrons. The molecule has 2 heterocycles. The molecule has 0 spiro atoms. The van der Waals surface area contributed by atoms with E-state index in [0.29, 0.717) is 23.4 Å². The van der Waals surface area contributed by atoms with Gasteiger partial charge in [-0.2, -0.15) is 0 Å². The second-order valence-electron chi connectivity index (χ2n) is 13.5. The summed E-state index contributed by atoms with van der Waals surface area (Å²) in [5, 5.41) is 4.63. The van der Waals surface area contributed by atoms with E-state index in [9.17, 15) is 0 Å². The Morgan fingerprint density at radius 1 is 0.472 bits per heavy atom. The number of hydrogen-bond donors (Lipinski definition) is 0. The molecule has 10 rings (SSSR count). The van der Waals surface area contributed by atoms with E-state index in [0.717, 1.165) is 56.2 Å². The van der Waals surface area contributed by atoms with Crippen molar-refractivity contribution in [1.82, 2.24) is 15.0 Å². The fourth-order valence-corrected chi connectivity index (χ4v) is 7.66. The van der Waals surface area contributed by atoms with Crippen LogP contribution in [0.15, 0.2) is 186 Å². The van der Waals surface area contributed by atoms with Crippen LogP contribution in [0.2, 0.25) is 0 Å². The van der Waals surface area contributed by atoms with Gasteiger partial charge in [-0.15, -0.1) is 0 Å². The van der Waals surface area contributed by atoms with Crippen molar-refractivity contribution in [3.63, 3.8) is 0 Å². The van der Waals surface area contributed by atoms with Gasteiger partial charge in [0.1, 0.15) is 11.2 Å². The summed E-state index contributed by atoms with van der Waals surface area (Å²) >= 11 is 0. The topological polar surface area (TPSA) is 51.8 Å². The molecule has 0 fully saturated rings. The van der Waals surface area contributed by atoms with Crippen molar-refractivity contribution >= 4 is 32.7 Å². The van der Waals surface area contributed by atoms with Crippen molar-refractivity contribution in [1.29, 1.82) is 0 Å². The second kappa shape index (κ2) is 13.0. The van der Waals surface area contributed by atoms with E-state index in [-0.39, 0.29) is 0 Å². The van der Waals surface area contributed by atoms with Gasteiger partial charge >= 0.3 is 0 Å². The zero-order valence-corrected chi connectivity index (χ0v) is 28.9. The molecular formula is C49H33N3O. The van der Waals surface area contributed by atoms with E-state index in [4.69, 9.17) is 19.4 Å². The van der Waals surface area contributed by atoms with Gasteiger partial charge in [0.2, 0.25) is 0 Å². The van der Waals surface area contributed by atoms with Crippen LogP contribution >= 0.6 is 0 Å². The number of allylic oxidation sites excluding steroid dienone is 4. The molecule has 1 aliphatic carbocycles. The highest BCUT2D eigenvalue weighted by Crippen LogP contribution is 2.40. The molecule has 9 aromatic rings. The van der Waals surface area contributed by atoms with Crippen molar-refractivity contribution < 1.29 is 4.42 Å². The van der Waals surface area contributed by atoms with Gasteiger partial charge in [-0.3, -0.25) is 0 Å². The first-order chi connectivity index (χ1) is 26.3. The number of furan rings is 1. The highest BCUT2D eigenvalue weighted by Gasteiger charge is 2.19. The molecule has 4 heteroatoms. The van der Waals surface area contributed by atoms with E-state index >= 15 is 0 Å². The first-order valence-corrected chi connectivity index (χ1v) is 18.1. The zero-order valence-electron chi connectivity index (χ0n) is 28.9. The normalized spacial score (nSPS) is 14.0. The van der Waals surface area contributed by atoms with Crippen molar-refractivity contribution in [2.45, 2.75) is 12.3 Å². The summed E-state index contributed by atoms with van der Waals surface area (Å²) in [4.78, 5) is 15.1. The first kappa shape index (κ1) is 30.9. The minimum absolute atomic E-state index is 0.340. The lowest BCUT2D eigenvalue weighted by Crippen LogP contribution is -2.00. The van der Waals surface area contributed by atoms with Gasteiger partial charge < -0.3 is 4.42 Å². The summed E-state index contributed by atoms with van der Waals surface area (Å²) in [7, 11) is 0. The molecule has 1 unspecified atom stereocenters. The average Bonchev–Trinajstić information content (AvgIpc) is 3.63. The van der Waals surface area contributed by atoms with Crippen LogP contribution in [-0.4, -0.2) is 15.0 Å². The van der Waals surface area contributed by atoms with Gasteiger partial charge in [0.25, 0.3) is 0 Å². The third-order valence-corrected chi connectivity index (χ3v) is 10.3. The number of nitrogens with zero attached hydrogens (tertiary/aromatic N) is 3. The van der Waals surface area contributed by atoms with Crippen molar-refractivity contribution in [3.8, 4) is 56.4 Å². The van der Waals surface area contributed by atoms with Gasteiger partial charge in [0.15, 0.2) is 17.5 Å². The predicted octanol–water partition coefficient (Wildman–Crippen LogP) is 12.9. The molecule has 4 nitrogen and oxygen atoms in total. The summed E-state index contributed by atoms with van der Waals surface area (Å²) < 4.78 is 6.39. The smallest absolute Gasteiger partial charge is 0.167 e. The molecule has 0 aliphatic heterocycles. The molecule has 2 aromatic heterocycles. The molecule has 0 N–H and O–H groups in total. The van der Waals surface area contributed by atoms with E-state index in [1.54, 1.807) is 0 Å². The van der Waals surface area contributed by atoms with E-state index in [1.807, 2.05) is 60.7 Å². The number of rotatable bonds is 6. The van der Waals surface area contributed by atoms with E-state index < -0.39 is 0 Å². The summed E-state index contributed by atoms with van der Waals surface area (Å²) in [6, 6.07) is 55.1. The molecule has 1 atom stereocenters. The third kappa shape index (κ3) is 5.62. The number of para-hydroxylation sites is 2. The molecule has 0 saturated heterocycles. The summed E-state index contributed by atoms with van der Waals surface area (Å²) in [6.07, 6.45) is 9.90. The number of aromatic nitrogens is 3. The Balaban J connectivity index is 1.06. The maximum Gasteiger partial charge on any atom is 0.167 e. The number of hydrogen-bond acceptors (Lipinski definition) is 4. The maximum atomic E-state index is 6.39. The molecule has 0 saturated carbocycles. The maximum absolute atomic E-state index is 6.39. The Hall–Kier alpha value is -6.91. The van der Waals surface area contributed by atoms with Crippen LogP contribution in [0.25, 0.3) is 89.1 Å². The van der Waals surface area contributed by atoms with E-state index in [2.05, 4.69) is 121 Å². The molecule has 7 aromatic carbocycles. The van der Waals surface area contributed by atoms with Crippen molar-refractivity contribution in [2.75, 3.05) is 0 Å². The lowest BCUT2D eigenvalue weighted by Gasteiger charge is -2.21. The Kier molecular flexibility index (Phi) is 7.58. The van der Waals surface area contributed by atoms with Crippen LogP contribution in [0.4, 0.5) is 0 Å². The van der Waals surface area contributed by atoms with Crippen LogP contribution < -0.4 is 0 Å². The van der Waals surface area contributed by atoms with Gasteiger partial charge in [-0.25, -0.2) is 15.0 Å². The molecule has 0 amide bonds. The van der Waals surface area contributed by atoms with Crippen molar-refractivity contribution in [3.05, 3.63) is 188 Å². The first-order valence-electron chi connectivity index (χ1n) is 18.1. The van der Waals surface area contributed by atoms with Crippen LogP contribution in [0.1, 0.15) is 17.9 Å². The summed E-state index contributed by atoms with van der Waals surface area (Å²) in [6.45, 7) is 0. The SMILES string of the molecule is C1=CCC(c2ccc3ccccc3c2-c2cccc(-c3ccc(-c4nc(-c5ccccc5)nc(-c5cccc6c5oc5ccccc56)n4)cc3)c2)C=C1. The quantitative estimate of drug-likeness (QED) is 0.175. The lowest BCUT2D eigenvalue weighted by atomic mass is 9.83. The number of fused-ring (bicyclic) bond motifs is 4. The molecule has 1 aliphatic rings. The Labute approximate surface area is 307 Å². The molecular weight excluding hydrogens is 647 g/mol. The zero-order chi connectivity index (χ0) is 35.1. The molecule has 0 radical (unpaired) electrons. The highest BCUT2D eigenvalue weighted by molar-refractivity contribution is 6.09. The largest absolute Gasteiger partial charge is 0.455 e. The van der Waals surface area contributed by atoms with Crippen molar-refractivity contribution in [2.24, 2.45) is 0 Å². The predicted molar refractivity (Wildman–Crippen MR) is 217 cm³/mol. The Bertz CT molecular complexity index is 2870. The van der Waals surface area contributed by atoms with Crippen LogP contribution in [-0.2, 0) is 0 Å². The molecule has 0 bridgehead atoms. The third-order valence-electron chi connectivity index (χ3n) is 10.3. The van der Waals surface area contributed by atoms with Gasteiger partial charge in [0, 0.05) is 27.8 Å². The Morgan fingerprint density at radius 3 is 1.96 bits per heavy atom. The monoisotopic (exact) mass is 679 g/mol. The second-order valence-corrected chi connectivity index (χ2v) is 13.5. The standard InChI is InChI=1S/C49H33N3O/c1-3-13-33(14-4-1)40-30-29-34-15-7-8-20-39(34)45(40)38-19-11-18-37(31-38)32-25-27-36(28-26-32)48-50-47(35-16-5-2-6-17-35)51-49(52-48)43-23-12-22-42-41-21-9-10-24-44(41)53-46(42)43/h1-13,15-31,33H,14H2. The van der Waals surface area contributed by atoms with Crippen LogP contribution in [0.5, 0.6) is 0 Å². The fraction of sp³-hybridized carbons (Fsp3) is 0.0408. The van der Waals surface area contributed by atoms with Crippen LogP contribution in [0.3, 0.4) is 0 Å².